The summed E-state index contributed by atoms with van der Waals surface area (Å²) in [6, 6.07) is 18.4. The summed E-state index contributed by atoms with van der Waals surface area (Å²) in [5.41, 5.74) is 10.9. The summed E-state index contributed by atoms with van der Waals surface area (Å²) in [6.45, 7) is 0.513. The van der Waals surface area contributed by atoms with Gasteiger partial charge in [-0.3, -0.25) is 9.59 Å². The second kappa shape index (κ2) is 17.6. The summed E-state index contributed by atoms with van der Waals surface area (Å²) in [5, 5.41) is 2.67. The molecule has 0 aliphatic heterocycles. The zero-order valence-corrected chi connectivity index (χ0v) is 20.4. The van der Waals surface area contributed by atoms with Crippen LogP contribution in [0.4, 0.5) is 0 Å². The third-order valence-electron chi connectivity index (χ3n) is 5.22. The molecule has 0 bridgehead atoms. The molecule has 0 heterocycles. The Morgan fingerprint density at radius 2 is 1.44 bits per heavy atom. The van der Waals surface area contributed by atoms with Crippen molar-refractivity contribution in [2.75, 3.05) is 13.1 Å². The molecule has 2 aromatic carbocycles. The number of hydrogen-bond donors (Lipinski definition) is 3. The van der Waals surface area contributed by atoms with Crippen LogP contribution >= 0.6 is 12.4 Å². The Labute approximate surface area is 208 Å². The molecule has 0 saturated heterocycles. The lowest BCUT2D eigenvalue weighted by molar-refractivity contribution is -0.158. The third kappa shape index (κ3) is 13.0. The summed E-state index contributed by atoms with van der Waals surface area (Å²) in [7, 11) is 0. The lowest BCUT2D eigenvalue weighted by Crippen LogP contribution is -2.30. The van der Waals surface area contributed by atoms with Gasteiger partial charge in [-0.2, -0.15) is 5.48 Å². The van der Waals surface area contributed by atoms with E-state index in [2.05, 4.69) is 41.1 Å². The molecule has 0 aliphatic rings. The average Bonchev–Trinajstić information content (AvgIpc) is 2.83. The zero-order chi connectivity index (χ0) is 23.7. The highest BCUT2D eigenvalue weighted by Crippen LogP contribution is 2.12. The average molecular weight is 490 g/mol. The van der Waals surface area contributed by atoms with Crippen molar-refractivity contribution in [3.05, 3.63) is 71.3 Å². The summed E-state index contributed by atoms with van der Waals surface area (Å²) < 4.78 is 0. The second-order valence-electron chi connectivity index (χ2n) is 8.05. The molecular formula is C26H36ClN3O4. The molecule has 2 rings (SSSR count). The Morgan fingerprint density at radius 3 is 2.18 bits per heavy atom. The molecule has 34 heavy (non-hydrogen) atoms. The van der Waals surface area contributed by atoms with Crippen molar-refractivity contribution >= 4 is 30.2 Å². The van der Waals surface area contributed by atoms with Crippen LogP contribution in [0.15, 0.2) is 54.6 Å². The van der Waals surface area contributed by atoms with Gasteiger partial charge in [0.15, 0.2) is 0 Å². The van der Waals surface area contributed by atoms with Gasteiger partial charge in [0.05, 0.1) is 13.0 Å². The minimum absolute atomic E-state index is 0. The molecule has 4 N–H and O–H groups in total. The van der Waals surface area contributed by atoms with E-state index >= 15 is 0 Å². The van der Waals surface area contributed by atoms with Crippen molar-refractivity contribution in [1.29, 1.82) is 0 Å². The molecule has 0 spiro atoms. The lowest BCUT2D eigenvalue weighted by Gasteiger charge is -2.08. The molecule has 2 amide bonds. The van der Waals surface area contributed by atoms with Crippen LogP contribution in [0.3, 0.4) is 0 Å². The van der Waals surface area contributed by atoms with Gasteiger partial charge < -0.3 is 15.9 Å². The number of amides is 2. The Bertz CT molecular complexity index is 877. The van der Waals surface area contributed by atoms with Crippen molar-refractivity contribution in [1.82, 2.24) is 10.8 Å². The van der Waals surface area contributed by atoms with E-state index in [1.165, 1.54) is 11.1 Å². The third-order valence-corrected chi connectivity index (χ3v) is 5.22. The number of benzene rings is 2. The minimum atomic E-state index is -0.471. The molecule has 0 aliphatic carbocycles. The van der Waals surface area contributed by atoms with E-state index in [1.807, 2.05) is 24.3 Å². The van der Waals surface area contributed by atoms with E-state index in [9.17, 15) is 14.4 Å². The Balaban J connectivity index is 0.00000578. The van der Waals surface area contributed by atoms with E-state index in [4.69, 9.17) is 10.6 Å². The zero-order valence-electron chi connectivity index (χ0n) is 19.6. The number of aryl methyl sites for hydroxylation is 2. The highest BCUT2D eigenvalue weighted by Gasteiger charge is 2.08. The van der Waals surface area contributed by atoms with Crippen molar-refractivity contribution in [3.8, 4) is 0 Å². The minimum Gasteiger partial charge on any atom is -0.355 e. The van der Waals surface area contributed by atoms with E-state index in [0.717, 1.165) is 44.1 Å². The smallest absolute Gasteiger partial charge is 0.332 e. The quantitative estimate of drug-likeness (QED) is 0.278. The fraction of sp³-hybridized carbons (Fsp3) is 0.423. The van der Waals surface area contributed by atoms with Crippen molar-refractivity contribution in [2.45, 2.75) is 57.8 Å². The molecule has 0 radical (unpaired) electrons. The van der Waals surface area contributed by atoms with Gasteiger partial charge in [-0.1, -0.05) is 61.0 Å². The molecule has 186 valence electrons. The Hall–Kier alpha value is -2.90. The summed E-state index contributed by atoms with van der Waals surface area (Å²) in [5.74, 6) is -1.01. The highest BCUT2D eigenvalue weighted by molar-refractivity contribution is 5.85. The molecule has 2 aromatic rings. The molecule has 0 fully saturated rings. The number of carbonyl (C=O) groups excluding carboxylic acids is 3. The number of rotatable bonds is 14. The molecule has 0 atom stereocenters. The molecule has 7 nitrogen and oxygen atoms in total. The molecule has 8 heteroatoms. The lowest BCUT2D eigenvalue weighted by atomic mass is 10.0. The number of carbonyl (C=O) groups is 3. The van der Waals surface area contributed by atoms with Gasteiger partial charge in [-0.15, -0.1) is 12.4 Å². The van der Waals surface area contributed by atoms with E-state index in [1.54, 1.807) is 0 Å². The maximum absolute atomic E-state index is 12.1. The standard InChI is InChI=1S/C26H35N3O4.ClH/c27-20-25(31)28-17-8-2-5-16-26(32)33-29-24(30)19-23-15-9-14-22(18-23)13-7-6-12-21-10-3-1-4-11-21;/h1,3-4,9-11,14-15,18H,2,5-8,12-13,16-17,19-20,27H2,(H,28,31)(H,29,30);1H. The molecule has 0 aromatic heterocycles. The van der Waals surface area contributed by atoms with Crippen LogP contribution in [0.5, 0.6) is 0 Å². The summed E-state index contributed by atoms with van der Waals surface area (Å²) in [6.07, 6.45) is 6.76. The first-order valence-corrected chi connectivity index (χ1v) is 11.6. The summed E-state index contributed by atoms with van der Waals surface area (Å²) >= 11 is 0. The number of unbranched alkanes of at least 4 members (excludes halogenated alkanes) is 3. The van der Waals surface area contributed by atoms with Crippen LogP contribution in [0.2, 0.25) is 0 Å². The number of hydrogen-bond acceptors (Lipinski definition) is 5. The van der Waals surface area contributed by atoms with Gasteiger partial charge in [-0.05, 0) is 55.2 Å². The number of hydroxylamine groups is 1. The Morgan fingerprint density at radius 1 is 0.765 bits per heavy atom. The first-order chi connectivity index (χ1) is 16.1. The summed E-state index contributed by atoms with van der Waals surface area (Å²) in [4.78, 5) is 39.8. The fourth-order valence-electron chi connectivity index (χ4n) is 3.46. The van der Waals surface area contributed by atoms with Gasteiger partial charge in [0.1, 0.15) is 0 Å². The van der Waals surface area contributed by atoms with Crippen LogP contribution in [-0.2, 0) is 38.5 Å². The van der Waals surface area contributed by atoms with Gasteiger partial charge in [0, 0.05) is 13.0 Å². The first kappa shape index (κ1) is 29.1. The number of nitrogens with one attached hydrogen (secondary N) is 2. The Kier molecular flexibility index (Phi) is 15.0. The van der Waals surface area contributed by atoms with E-state index in [-0.39, 0.29) is 43.6 Å². The number of nitrogens with two attached hydrogens (primary N) is 1. The van der Waals surface area contributed by atoms with Crippen molar-refractivity contribution in [2.24, 2.45) is 5.73 Å². The largest absolute Gasteiger partial charge is 0.355 e. The predicted octanol–water partition coefficient (Wildman–Crippen LogP) is 3.43. The van der Waals surface area contributed by atoms with E-state index in [0.29, 0.717) is 13.0 Å². The normalized spacial score (nSPS) is 10.1. The second-order valence-corrected chi connectivity index (χ2v) is 8.05. The van der Waals surface area contributed by atoms with Crippen LogP contribution in [0.1, 0.15) is 55.2 Å². The van der Waals surface area contributed by atoms with Crippen LogP contribution in [-0.4, -0.2) is 30.9 Å². The first-order valence-electron chi connectivity index (χ1n) is 11.6. The van der Waals surface area contributed by atoms with Crippen LogP contribution < -0.4 is 16.5 Å². The molecular weight excluding hydrogens is 454 g/mol. The maximum Gasteiger partial charge on any atom is 0.332 e. The van der Waals surface area contributed by atoms with Crippen molar-refractivity contribution < 1.29 is 19.2 Å². The SMILES string of the molecule is Cl.NCC(=O)NCCCCCC(=O)ONC(=O)Cc1cccc(CCCCc2ccccc2)c1. The van der Waals surface area contributed by atoms with Crippen LogP contribution in [0.25, 0.3) is 0 Å². The van der Waals surface area contributed by atoms with Gasteiger partial charge in [0.2, 0.25) is 5.91 Å². The fourth-order valence-corrected chi connectivity index (χ4v) is 3.46. The maximum atomic E-state index is 12.1. The predicted molar refractivity (Wildman–Crippen MR) is 135 cm³/mol. The van der Waals surface area contributed by atoms with Crippen molar-refractivity contribution in [3.63, 3.8) is 0 Å². The topological polar surface area (TPSA) is 111 Å². The van der Waals surface area contributed by atoms with E-state index < -0.39 is 5.97 Å². The van der Waals surface area contributed by atoms with Crippen LogP contribution in [0, 0.1) is 0 Å². The molecule has 0 saturated carbocycles. The monoisotopic (exact) mass is 489 g/mol. The van der Waals surface area contributed by atoms with Gasteiger partial charge in [-0.25, -0.2) is 4.79 Å². The van der Waals surface area contributed by atoms with Gasteiger partial charge >= 0.3 is 5.97 Å². The molecule has 0 unspecified atom stereocenters. The highest BCUT2D eigenvalue weighted by atomic mass is 35.5. The number of halogens is 1. The van der Waals surface area contributed by atoms with Gasteiger partial charge in [0.25, 0.3) is 5.91 Å².